The molecule has 176 valence electrons. The molecule has 4 aliphatic carbocycles. The molecule has 3 N–H and O–H groups in total. The van der Waals surface area contributed by atoms with Crippen LogP contribution in [0.1, 0.15) is 96.3 Å². The van der Waals surface area contributed by atoms with Crippen molar-refractivity contribution in [2.75, 3.05) is 6.61 Å². The van der Waals surface area contributed by atoms with Gasteiger partial charge < -0.3 is 15.3 Å². The number of allylic oxidation sites excluding steroid dienone is 2. The number of aliphatic hydroxyl groups is 1. The van der Waals surface area contributed by atoms with E-state index in [1.54, 1.807) is 5.57 Å². The lowest BCUT2D eigenvalue weighted by Crippen LogP contribution is -2.62. The molecule has 6 atom stereocenters. The highest BCUT2D eigenvalue weighted by Crippen LogP contribution is 2.74. The van der Waals surface area contributed by atoms with Crippen molar-refractivity contribution in [3.63, 3.8) is 0 Å². The van der Waals surface area contributed by atoms with Gasteiger partial charge in [0.25, 0.3) is 0 Å². The van der Waals surface area contributed by atoms with Gasteiger partial charge >= 0.3 is 0 Å². The smallest absolute Gasteiger partial charge is 0.160 e. The van der Waals surface area contributed by atoms with Crippen LogP contribution in [-0.4, -0.2) is 21.9 Å². The standard InChI is InChI=1S/C29H42O3/c1-18-19-7-8-22-27(4,20(19)15-21(31)24(18)32)12-14-29(6)23-16-25(2,17-30)9-10-26(23,3)11-13-28(22,29)5/h8,15,23,30-32H,7,9-14,16-17H2,1-6H3/t23-,25-,26-,27+,28-,29+/m1/s1. The number of benzene rings is 1. The summed E-state index contributed by atoms with van der Waals surface area (Å²) >= 11 is 0. The molecule has 3 heteroatoms. The van der Waals surface area contributed by atoms with Crippen LogP contribution in [0.2, 0.25) is 0 Å². The quantitative estimate of drug-likeness (QED) is 0.344. The number of phenolic OH excluding ortho intramolecular Hbond substituents is 2. The highest BCUT2D eigenvalue weighted by molar-refractivity contribution is 5.60. The van der Waals surface area contributed by atoms with Crippen LogP contribution in [0.15, 0.2) is 17.7 Å². The molecule has 4 aliphatic rings. The molecule has 5 rings (SSSR count). The highest BCUT2D eigenvalue weighted by Gasteiger charge is 2.66. The Hall–Kier alpha value is -1.48. The predicted octanol–water partition coefficient (Wildman–Crippen LogP) is 6.55. The van der Waals surface area contributed by atoms with Gasteiger partial charge in [-0.3, -0.25) is 0 Å². The van der Waals surface area contributed by atoms with Crippen LogP contribution in [-0.2, 0) is 11.8 Å². The molecule has 0 bridgehead atoms. The maximum atomic E-state index is 10.5. The lowest BCUT2D eigenvalue weighted by Gasteiger charge is -2.70. The van der Waals surface area contributed by atoms with Crippen molar-refractivity contribution in [3.05, 3.63) is 34.4 Å². The summed E-state index contributed by atoms with van der Waals surface area (Å²) in [6.45, 7) is 14.5. The molecule has 3 fully saturated rings. The molecule has 0 unspecified atom stereocenters. The van der Waals surface area contributed by atoms with Gasteiger partial charge in [-0.15, -0.1) is 0 Å². The first-order chi connectivity index (χ1) is 14.8. The van der Waals surface area contributed by atoms with E-state index in [2.05, 4.69) is 40.7 Å². The Labute approximate surface area is 193 Å². The van der Waals surface area contributed by atoms with Crippen LogP contribution in [0.5, 0.6) is 11.5 Å². The predicted molar refractivity (Wildman–Crippen MR) is 129 cm³/mol. The number of fused-ring (bicyclic) bond motifs is 7. The molecule has 1 aromatic rings. The summed E-state index contributed by atoms with van der Waals surface area (Å²) in [7, 11) is 0. The van der Waals surface area contributed by atoms with Gasteiger partial charge in [0.15, 0.2) is 11.5 Å². The van der Waals surface area contributed by atoms with E-state index in [0.29, 0.717) is 17.9 Å². The average molecular weight is 439 g/mol. The van der Waals surface area contributed by atoms with Crippen molar-refractivity contribution >= 4 is 0 Å². The third-order valence-electron chi connectivity index (χ3n) is 11.5. The SMILES string of the molecule is Cc1c(O)c(O)cc2c1CC=C1[C@@]2(C)CC[C@@]2(C)[C@@H]3C[C@](C)(CO)CC[C@]3(C)CC[C@]12C. The van der Waals surface area contributed by atoms with Crippen molar-refractivity contribution in [2.24, 2.45) is 27.6 Å². The normalized spacial score (nSPS) is 45.2. The van der Waals surface area contributed by atoms with E-state index in [0.717, 1.165) is 31.2 Å². The Morgan fingerprint density at radius 1 is 0.938 bits per heavy atom. The van der Waals surface area contributed by atoms with Gasteiger partial charge in [-0.25, -0.2) is 0 Å². The molecule has 1 aromatic carbocycles. The second kappa shape index (κ2) is 6.56. The van der Waals surface area contributed by atoms with Gasteiger partial charge in [0.2, 0.25) is 0 Å². The summed E-state index contributed by atoms with van der Waals surface area (Å²) in [6, 6.07) is 1.85. The third-order valence-corrected chi connectivity index (χ3v) is 11.5. The minimum absolute atomic E-state index is 0.0180. The minimum Gasteiger partial charge on any atom is -0.504 e. The fraction of sp³-hybridized carbons (Fsp3) is 0.724. The maximum absolute atomic E-state index is 10.5. The molecule has 0 amide bonds. The molecule has 0 heterocycles. The Balaban J connectivity index is 1.63. The number of aliphatic hydroxyl groups excluding tert-OH is 1. The Morgan fingerprint density at radius 2 is 1.62 bits per heavy atom. The molecule has 3 nitrogen and oxygen atoms in total. The third kappa shape index (κ3) is 2.58. The first-order valence-corrected chi connectivity index (χ1v) is 12.7. The van der Waals surface area contributed by atoms with Crippen LogP contribution in [0.4, 0.5) is 0 Å². The number of hydrogen-bond acceptors (Lipinski definition) is 3. The second-order valence-corrected chi connectivity index (χ2v) is 13.2. The summed E-state index contributed by atoms with van der Waals surface area (Å²) in [6.07, 6.45) is 11.5. The summed E-state index contributed by atoms with van der Waals surface area (Å²) in [5.74, 6) is 0.667. The van der Waals surface area contributed by atoms with Crippen molar-refractivity contribution in [1.82, 2.24) is 0 Å². The molecule has 32 heavy (non-hydrogen) atoms. The fourth-order valence-corrected chi connectivity index (χ4v) is 8.91. The lowest BCUT2D eigenvalue weighted by molar-refractivity contribution is -0.163. The zero-order chi connectivity index (χ0) is 23.3. The van der Waals surface area contributed by atoms with Crippen LogP contribution < -0.4 is 0 Å². The zero-order valence-corrected chi connectivity index (χ0v) is 20.9. The topological polar surface area (TPSA) is 60.7 Å². The molecule has 0 radical (unpaired) electrons. The van der Waals surface area contributed by atoms with Gasteiger partial charge in [0.1, 0.15) is 0 Å². The van der Waals surface area contributed by atoms with Crippen molar-refractivity contribution < 1.29 is 15.3 Å². The van der Waals surface area contributed by atoms with Crippen molar-refractivity contribution in [2.45, 2.75) is 98.3 Å². The van der Waals surface area contributed by atoms with E-state index < -0.39 is 0 Å². The number of hydrogen-bond donors (Lipinski definition) is 3. The molecular weight excluding hydrogens is 396 g/mol. The van der Waals surface area contributed by atoms with Crippen LogP contribution in [0.3, 0.4) is 0 Å². The van der Waals surface area contributed by atoms with E-state index in [4.69, 9.17) is 0 Å². The molecule has 0 aliphatic heterocycles. The first-order valence-electron chi connectivity index (χ1n) is 12.7. The number of phenols is 2. The van der Waals surface area contributed by atoms with E-state index in [1.807, 2.05) is 13.0 Å². The number of rotatable bonds is 1. The van der Waals surface area contributed by atoms with Crippen LogP contribution in [0.25, 0.3) is 0 Å². The lowest BCUT2D eigenvalue weighted by atomic mass is 9.34. The van der Waals surface area contributed by atoms with E-state index in [1.165, 1.54) is 36.8 Å². The van der Waals surface area contributed by atoms with E-state index in [-0.39, 0.29) is 33.2 Å². The largest absolute Gasteiger partial charge is 0.504 e. The molecule has 0 aromatic heterocycles. The average Bonchev–Trinajstić information content (AvgIpc) is 2.76. The first kappa shape index (κ1) is 22.3. The summed E-state index contributed by atoms with van der Waals surface area (Å²) in [5.41, 5.74) is 5.44. The van der Waals surface area contributed by atoms with Crippen LogP contribution in [0, 0.1) is 34.5 Å². The van der Waals surface area contributed by atoms with Gasteiger partial charge in [0.05, 0.1) is 0 Å². The van der Waals surface area contributed by atoms with Crippen molar-refractivity contribution in [1.29, 1.82) is 0 Å². The van der Waals surface area contributed by atoms with Gasteiger partial charge in [-0.1, -0.05) is 46.3 Å². The Morgan fingerprint density at radius 3 is 2.31 bits per heavy atom. The van der Waals surface area contributed by atoms with Crippen molar-refractivity contribution in [3.8, 4) is 11.5 Å². The molecule has 0 saturated heterocycles. The van der Waals surface area contributed by atoms with Gasteiger partial charge in [-0.2, -0.15) is 0 Å². The fourth-order valence-electron chi connectivity index (χ4n) is 8.91. The van der Waals surface area contributed by atoms with Gasteiger partial charge in [-0.05, 0) is 109 Å². The minimum atomic E-state index is -0.0968. The number of aromatic hydroxyl groups is 2. The maximum Gasteiger partial charge on any atom is 0.160 e. The molecule has 3 saturated carbocycles. The van der Waals surface area contributed by atoms with E-state index in [9.17, 15) is 15.3 Å². The van der Waals surface area contributed by atoms with Crippen LogP contribution >= 0.6 is 0 Å². The summed E-state index contributed by atoms with van der Waals surface area (Å²) < 4.78 is 0. The Kier molecular flexibility index (Phi) is 4.57. The molecule has 0 spiro atoms. The second-order valence-electron chi connectivity index (χ2n) is 13.2. The van der Waals surface area contributed by atoms with Gasteiger partial charge in [0, 0.05) is 12.0 Å². The van der Waals surface area contributed by atoms with E-state index >= 15 is 0 Å². The zero-order valence-electron chi connectivity index (χ0n) is 20.9. The monoisotopic (exact) mass is 438 g/mol. The summed E-state index contributed by atoms with van der Waals surface area (Å²) in [4.78, 5) is 0. The highest BCUT2D eigenvalue weighted by atomic mass is 16.3. The molecular formula is C29H42O3. The Bertz CT molecular complexity index is 1010. The summed E-state index contributed by atoms with van der Waals surface area (Å²) in [5, 5.41) is 31.1.